The molecule has 0 fully saturated rings. The van der Waals surface area contributed by atoms with Gasteiger partial charge in [0.1, 0.15) is 0 Å². The minimum atomic E-state index is -0.199. The maximum absolute atomic E-state index is 12.0. The number of hydrogen-bond donors (Lipinski definition) is 0. The Morgan fingerprint density at radius 2 is 1.80 bits per heavy atom. The molecule has 2 nitrogen and oxygen atoms in total. The molecule has 0 amide bonds. The first-order chi connectivity index (χ1) is 9.58. The third-order valence-corrected chi connectivity index (χ3v) is 3.81. The third kappa shape index (κ3) is 5.36. The number of carbonyl (C=O) groups is 1. The second-order valence-corrected chi connectivity index (χ2v) is 5.79. The summed E-state index contributed by atoms with van der Waals surface area (Å²) in [6, 6.07) is 7.75. The maximum Gasteiger partial charge on any atom is 0.338 e. The highest BCUT2D eigenvalue weighted by molar-refractivity contribution is 5.89. The highest BCUT2D eigenvalue weighted by atomic mass is 16.5. The molecule has 112 valence electrons. The van der Waals surface area contributed by atoms with Gasteiger partial charge in [-0.3, -0.25) is 0 Å². The molecule has 0 heterocycles. The van der Waals surface area contributed by atoms with Crippen molar-refractivity contribution in [1.82, 2.24) is 0 Å². The highest BCUT2D eigenvalue weighted by Gasteiger charge is 2.12. The van der Waals surface area contributed by atoms with Gasteiger partial charge in [0.15, 0.2) is 0 Å². The van der Waals surface area contributed by atoms with Gasteiger partial charge in [0.05, 0.1) is 12.2 Å². The molecule has 0 saturated carbocycles. The lowest BCUT2D eigenvalue weighted by Crippen LogP contribution is -2.14. The monoisotopic (exact) mass is 276 g/mol. The minimum absolute atomic E-state index is 0.199. The molecule has 0 aliphatic carbocycles. The zero-order valence-corrected chi connectivity index (χ0v) is 13.3. The smallest absolute Gasteiger partial charge is 0.338 e. The summed E-state index contributed by atoms with van der Waals surface area (Å²) in [5, 5.41) is 0. The number of rotatable bonds is 8. The number of ether oxygens (including phenoxy) is 1. The Hall–Kier alpha value is -1.31. The molecule has 1 atom stereocenters. The molecule has 20 heavy (non-hydrogen) atoms. The van der Waals surface area contributed by atoms with E-state index >= 15 is 0 Å². The van der Waals surface area contributed by atoms with Crippen molar-refractivity contribution in [3.63, 3.8) is 0 Å². The Morgan fingerprint density at radius 3 is 2.30 bits per heavy atom. The Bertz CT molecular complexity index is 392. The molecule has 0 saturated heterocycles. The molecule has 1 aromatic rings. The van der Waals surface area contributed by atoms with E-state index in [9.17, 15) is 4.79 Å². The topological polar surface area (TPSA) is 26.3 Å². The Balaban J connectivity index is 2.49. The molecular weight excluding hydrogens is 248 g/mol. The summed E-state index contributed by atoms with van der Waals surface area (Å²) in [5.74, 6) is 0.780. The molecule has 0 aliphatic rings. The van der Waals surface area contributed by atoms with Crippen molar-refractivity contribution < 1.29 is 9.53 Å². The molecule has 1 aromatic carbocycles. The lowest BCUT2D eigenvalue weighted by atomic mass is 10.0. The average molecular weight is 276 g/mol. The van der Waals surface area contributed by atoms with E-state index in [1.807, 2.05) is 24.3 Å². The first-order valence-electron chi connectivity index (χ1n) is 7.85. The summed E-state index contributed by atoms with van der Waals surface area (Å²) >= 11 is 0. The molecule has 0 radical (unpaired) electrons. The van der Waals surface area contributed by atoms with Crippen molar-refractivity contribution in [3.8, 4) is 0 Å². The van der Waals surface area contributed by atoms with Gasteiger partial charge in [-0.2, -0.15) is 0 Å². The summed E-state index contributed by atoms with van der Waals surface area (Å²) in [7, 11) is 0. The molecule has 0 aliphatic heterocycles. The number of esters is 1. The van der Waals surface area contributed by atoms with Crippen molar-refractivity contribution in [3.05, 3.63) is 35.4 Å². The summed E-state index contributed by atoms with van der Waals surface area (Å²) in [5.41, 5.74) is 1.90. The van der Waals surface area contributed by atoms with Gasteiger partial charge in [0, 0.05) is 0 Å². The van der Waals surface area contributed by atoms with Crippen LogP contribution in [-0.2, 0) is 4.74 Å². The van der Waals surface area contributed by atoms with E-state index < -0.39 is 0 Å². The second kappa shape index (κ2) is 8.78. The van der Waals surface area contributed by atoms with E-state index in [0.717, 1.165) is 12.8 Å². The van der Waals surface area contributed by atoms with Gasteiger partial charge in [-0.15, -0.1) is 0 Å². The average Bonchev–Trinajstić information content (AvgIpc) is 2.47. The van der Waals surface area contributed by atoms with Crippen LogP contribution in [0.5, 0.6) is 0 Å². The Kier molecular flexibility index (Phi) is 7.35. The number of carbonyl (C=O) groups excluding carboxylic acids is 1. The number of benzene rings is 1. The van der Waals surface area contributed by atoms with Crippen LogP contribution in [-0.4, -0.2) is 12.6 Å². The van der Waals surface area contributed by atoms with Crippen LogP contribution in [0.4, 0.5) is 0 Å². The van der Waals surface area contributed by atoms with E-state index in [-0.39, 0.29) is 5.97 Å². The van der Waals surface area contributed by atoms with E-state index in [0.29, 0.717) is 24.0 Å². The SMILES string of the molecule is CCCC[C@H](CC)COC(=O)c1ccc(C(C)C)cc1. The van der Waals surface area contributed by atoms with Gasteiger partial charge in [-0.1, -0.05) is 59.1 Å². The minimum Gasteiger partial charge on any atom is -0.462 e. The molecule has 0 spiro atoms. The standard InChI is InChI=1S/C18H28O2/c1-5-7-8-15(6-2)13-20-18(19)17-11-9-16(10-12-17)14(3)4/h9-12,14-15H,5-8,13H2,1-4H3/t15-/m0/s1. The van der Waals surface area contributed by atoms with Crippen LogP contribution in [0.3, 0.4) is 0 Å². The predicted molar refractivity (Wildman–Crippen MR) is 84.1 cm³/mol. The second-order valence-electron chi connectivity index (χ2n) is 5.79. The van der Waals surface area contributed by atoms with Crippen LogP contribution in [0.15, 0.2) is 24.3 Å². The first kappa shape index (κ1) is 16.7. The largest absolute Gasteiger partial charge is 0.462 e. The van der Waals surface area contributed by atoms with Crippen LogP contribution in [0.1, 0.15) is 75.2 Å². The predicted octanol–water partition coefficient (Wildman–Crippen LogP) is 5.18. The van der Waals surface area contributed by atoms with Crippen LogP contribution in [0.2, 0.25) is 0 Å². The quantitative estimate of drug-likeness (QED) is 0.611. The zero-order chi connectivity index (χ0) is 15.0. The van der Waals surface area contributed by atoms with E-state index in [4.69, 9.17) is 4.74 Å². The Morgan fingerprint density at radius 1 is 1.15 bits per heavy atom. The van der Waals surface area contributed by atoms with Gasteiger partial charge in [0.25, 0.3) is 0 Å². The zero-order valence-electron chi connectivity index (χ0n) is 13.3. The van der Waals surface area contributed by atoms with Crippen molar-refractivity contribution >= 4 is 5.97 Å². The van der Waals surface area contributed by atoms with Crippen LogP contribution < -0.4 is 0 Å². The van der Waals surface area contributed by atoms with Crippen LogP contribution >= 0.6 is 0 Å². The van der Waals surface area contributed by atoms with Crippen molar-refractivity contribution in [2.24, 2.45) is 5.92 Å². The molecule has 0 aromatic heterocycles. The van der Waals surface area contributed by atoms with Crippen LogP contribution in [0, 0.1) is 5.92 Å². The number of hydrogen-bond acceptors (Lipinski definition) is 2. The molecule has 0 N–H and O–H groups in total. The summed E-state index contributed by atoms with van der Waals surface area (Å²) < 4.78 is 5.44. The Labute approximate surface area is 123 Å². The van der Waals surface area contributed by atoms with Crippen molar-refractivity contribution in [1.29, 1.82) is 0 Å². The maximum atomic E-state index is 12.0. The van der Waals surface area contributed by atoms with Gasteiger partial charge >= 0.3 is 5.97 Å². The molecular formula is C18H28O2. The summed E-state index contributed by atoms with van der Waals surface area (Å²) in [6.45, 7) is 9.18. The number of unbranched alkanes of at least 4 members (excludes halogenated alkanes) is 1. The molecule has 0 bridgehead atoms. The van der Waals surface area contributed by atoms with E-state index in [1.165, 1.54) is 18.4 Å². The van der Waals surface area contributed by atoms with Gasteiger partial charge in [0.2, 0.25) is 0 Å². The highest BCUT2D eigenvalue weighted by Crippen LogP contribution is 2.17. The molecule has 0 unspecified atom stereocenters. The fourth-order valence-corrected chi connectivity index (χ4v) is 2.18. The lowest BCUT2D eigenvalue weighted by Gasteiger charge is -2.14. The normalized spacial score (nSPS) is 12.4. The first-order valence-corrected chi connectivity index (χ1v) is 7.85. The van der Waals surface area contributed by atoms with Crippen molar-refractivity contribution in [2.75, 3.05) is 6.61 Å². The van der Waals surface area contributed by atoms with Gasteiger partial charge in [-0.25, -0.2) is 4.79 Å². The molecule has 2 heteroatoms. The van der Waals surface area contributed by atoms with E-state index in [1.54, 1.807) is 0 Å². The van der Waals surface area contributed by atoms with Gasteiger partial charge in [-0.05, 0) is 36.0 Å². The van der Waals surface area contributed by atoms with E-state index in [2.05, 4.69) is 27.7 Å². The summed E-state index contributed by atoms with van der Waals surface area (Å²) in [6.07, 6.45) is 4.62. The fraction of sp³-hybridized carbons (Fsp3) is 0.611. The lowest BCUT2D eigenvalue weighted by molar-refractivity contribution is 0.0428. The summed E-state index contributed by atoms with van der Waals surface area (Å²) in [4.78, 5) is 12.0. The molecule has 1 rings (SSSR count). The van der Waals surface area contributed by atoms with Crippen molar-refractivity contribution in [2.45, 2.75) is 59.3 Å². The third-order valence-electron chi connectivity index (χ3n) is 3.81. The van der Waals surface area contributed by atoms with Crippen LogP contribution in [0.25, 0.3) is 0 Å². The fourth-order valence-electron chi connectivity index (χ4n) is 2.18. The van der Waals surface area contributed by atoms with Gasteiger partial charge < -0.3 is 4.74 Å².